The van der Waals surface area contributed by atoms with Gasteiger partial charge in [-0.3, -0.25) is 0 Å². The smallest absolute Gasteiger partial charge is 0.142 e. The fraction of sp³-hybridized carbons (Fsp3) is 0.364. The second-order valence-corrected chi connectivity index (χ2v) is 4.32. The standard InChI is InChI=1S/C11H11ClFNO/c1-11(2,6-14)10(15)7-3-4-8(12)9(13)5-7/h3-5,10,15H,1-2H3. The van der Waals surface area contributed by atoms with Gasteiger partial charge >= 0.3 is 0 Å². The molecule has 1 rings (SSSR count). The summed E-state index contributed by atoms with van der Waals surface area (Å²) in [6, 6.07) is 5.99. The minimum absolute atomic E-state index is 0.000661. The number of aliphatic hydroxyl groups excluding tert-OH is 1. The first-order valence-electron chi connectivity index (χ1n) is 4.43. The molecule has 1 unspecified atom stereocenters. The number of benzene rings is 1. The third-order valence-corrected chi connectivity index (χ3v) is 2.54. The van der Waals surface area contributed by atoms with Gasteiger partial charge in [0, 0.05) is 0 Å². The molecule has 0 radical (unpaired) electrons. The second-order valence-electron chi connectivity index (χ2n) is 3.91. The number of nitrogens with zero attached hydrogens (tertiary/aromatic N) is 1. The third-order valence-electron chi connectivity index (χ3n) is 2.23. The SMILES string of the molecule is CC(C)(C#N)C(O)c1ccc(Cl)c(F)c1. The number of rotatable bonds is 2. The summed E-state index contributed by atoms with van der Waals surface area (Å²) in [6.45, 7) is 3.17. The highest BCUT2D eigenvalue weighted by Gasteiger charge is 2.29. The van der Waals surface area contributed by atoms with E-state index in [9.17, 15) is 9.50 Å². The topological polar surface area (TPSA) is 44.0 Å². The zero-order valence-corrected chi connectivity index (χ0v) is 9.22. The van der Waals surface area contributed by atoms with Crippen LogP contribution in [0.1, 0.15) is 25.5 Å². The Balaban J connectivity index is 3.08. The van der Waals surface area contributed by atoms with Crippen LogP contribution in [0.3, 0.4) is 0 Å². The molecule has 15 heavy (non-hydrogen) atoms. The molecule has 0 bridgehead atoms. The zero-order valence-electron chi connectivity index (χ0n) is 8.46. The van der Waals surface area contributed by atoms with E-state index in [1.165, 1.54) is 12.1 Å². The van der Waals surface area contributed by atoms with Gasteiger partial charge in [0.25, 0.3) is 0 Å². The van der Waals surface area contributed by atoms with E-state index in [0.717, 1.165) is 6.07 Å². The van der Waals surface area contributed by atoms with Crippen LogP contribution in [0.4, 0.5) is 4.39 Å². The van der Waals surface area contributed by atoms with Gasteiger partial charge < -0.3 is 5.11 Å². The minimum atomic E-state index is -1.03. The number of hydrogen-bond donors (Lipinski definition) is 1. The molecule has 4 heteroatoms. The third kappa shape index (κ3) is 2.47. The van der Waals surface area contributed by atoms with Gasteiger partial charge in [0.05, 0.1) is 22.6 Å². The highest BCUT2D eigenvalue weighted by Crippen LogP contribution is 2.33. The number of aliphatic hydroxyl groups is 1. The number of halogens is 2. The summed E-state index contributed by atoms with van der Waals surface area (Å²) in [7, 11) is 0. The Morgan fingerprint density at radius 1 is 1.53 bits per heavy atom. The predicted octanol–water partition coefficient (Wildman–Crippen LogP) is 3.06. The maximum atomic E-state index is 13.1. The van der Waals surface area contributed by atoms with Crippen LogP contribution in [0.2, 0.25) is 5.02 Å². The van der Waals surface area contributed by atoms with Crippen molar-refractivity contribution in [2.75, 3.05) is 0 Å². The largest absolute Gasteiger partial charge is 0.387 e. The fourth-order valence-electron chi connectivity index (χ4n) is 1.16. The first-order chi connectivity index (χ1) is 6.88. The van der Waals surface area contributed by atoms with Crippen molar-refractivity contribution in [3.05, 3.63) is 34.6 Å². The van der Waals surface area contributed by atoms with Crippen molar-refractivity contribution in [2.45, 2.75) is 20.0 Å². The molecule has 0 spiro atoms. The van der Waals surface area contributed by atoms with Crippen molar-refractivity contribution < 1.29 is 9.50 Å². The lowest BCUT2D eigenvalue weighted by Crippen LogP contribution is -2.19. The maximum Gasteiger partial charge on any atom is 0.142 e. The summed E-state index contributed by atoms with van der Waals surface area (Å²) in [4.78, 5) is 0. The highest BCUT2D eigenvalue weighted by atomic mass is 35.5. The van der Waals surface area contributed by atoms with E-state index >= 15 is 0 Å². The summed E-state index contributed by atoms with van der Waals surface area (Å²) in [5.41, 5.74) is -0.608. The Labute approximate surface area is 92.9 Å². The molecule has 0 heterocycles. The minimum Gasteiger partial charge on any atom is -0.387 e. The Morgan fingerprint density at radius 2 is 2.13 bits per heavy atom. The monoisotopic (exact) mass is 227 g/mol. The van der Waals surface area contributed by atoms with Crippen LogP contribution in [-0.4, -0.2) is 5.11 Å². The lowest BCUT2D eigenvalue weighted by Gasteiger charge is -2.23. The van der Waals surface area contributed by atoms with Gasteiger partial charge in [0.1, 0.15) is 5.82 Å². The molecule has 0 saturated heterocycles. The maximum absolute atomic E-state index is 13.1. The predicted molar refractivity (Wildman–Crippen MR) is 55.8 cm³/mol. The molecular weight excluding hydrogens is 217 g/mol. The fourth-order valence-corrected chi connectivity index (χ4v) is 1.28. The van der Waals surface area contributed by atoms with E-state index in [0.29, 0.717) is 5.56 Å². The molecule has 0 aliphatic carbocycles. The van der Waals surface area contributed by atoms with E-state index in [-0.39, 0.29) is 5.02 Å². The van der Waals surface area contributed by atoms with Crippen molar-refractivity contribution in [3.8, 4) is 6.07 Å². The van der Waals surface area contributed by atoms with Gasteiger partial charge in [-0.05, 0) is 31.5 Å². The van der Waals surface area contributed by atoms with E-state index < -0.39 is 17.3 Å². The molecule has 1 atom stereocenters. The van der Waals surface area contributed by atoms with E-state index in [4.69, 9.17) is 16.9 Å². The molecule has 1 N–H and O–H groups in total. The van der Waals surface area contributed by atoms with Crippen molar-refractivity contribution in [1.29, 1.82) is 5.26 Å². The average molecular weight is 228 g/mol. The van der Waals surface area contributed by atoms with Crippen molar-refractivity contribution in [2.24, 2.45) is 5.41 Å². The average Bonchev–Trinajstić information content (AvgIpc) is 2.21. The molecule has 1 aromatic carbocycles. The highest BCUT2D eigenvalue weighted by molar-refractivity contribution is 6.30. The van der Waals surface area contributed by atoms with Gasteiger partial charge in [-0.25, -0.2) is 4.39 Å². The van der Waals surface area contributed by atoms with E-state index in [2.05, 4.69) is 0 Å². The van der Waals surface area contributed by atoms with Crippen LogP contribution in [0, 0.1) is 22.6 Å². The first-order valence-corrected chi connectivity index (χ1v) is 4.80. The summed E-state index contributed by atoms with van der Waals surface area (Å²) in [5, 5.41) is 18.7. The normalized spacial score (nSPS) is 13.3. The van der Waals surface area contributed by atoms with Crippen LogP contribution in [-0.2, 0) is 0 Å². The van der Waals surface area contributed by atoms with Gasteiger partial charge in [-0.15, -0.1) is 0 Å². The summed E-state index contributed by atoms with van der Waals surface area (Å²) < 4.78 is 13.1. The van der Waals surface area contributed by atoms with Gasteiger partial charge in [0.2, 0.25) is 0 Å². The molecule has 80 valence electrons. The Morgan fingerprint density at radius 3 is 2.60 bits per heavy atom. The van der Waals surface area contributed by atoms with Crippen LogP contribution >= 0.6 is 11.6 Å². The van der Waals surface area contributed by atoms with Gasteiger partial charge in [-0.2, -0.15) is 5.26 Å². The van der Waals surface area contributed by atoms with Crippen molar-refractivity contribution in [1.82, 2.24) is 0 Å². The van der Waals surface area contributed by atoms with E-state index in [1.54, 1.807) is 13.8 Å². The molecule has 2 nitrogen and oxygen atoms in total. The number of hydrogen-bond acceptors (Lipinski definition) is 2. The number of nitriles is 1. The molecule has 1 aromatic rings. The second kappa shape index (κ2) is 4.18. The summed E-state index contributed by atoms with van der Waals surface area (Å²) in [5.74, 6) is -0.595. The van der Waals surface area contributed by atoms with Crippen LogP contribution < -0.4 is 0 Å². The van der Waals surface area contributed by atoms with Crippen LogP contribution in [0.25, 0.3) is 0 Å². The zero-order chi connectivity index (χ0) is 11.6. The lowest BCUT2D eigenvalue weighted by molar-refractivity contribution is 0.0865. The van der Waals surface area contributed by atoms with E-state index in [1.807, 2.05) is 6.07 Å². The summed E-state index contributed by atoms with van der Waals surface area (Å²) >= 11 is 5.51. The van der Waals surface area contributed by atoms with Gasteiger partial charge in [0.15, 0.2) is 0 Å². The molecule has 0 amide bonds. The van der Waals surface area contributed by atoms with Gasteiger partial charge in [-0.1, -0.05) is 17.7 Å². The molecule has 0 aliphatic rings. The quantitative estimate of drug-likeness (QED) is 0.844. The lowest BCUT2D eigenvalue weighted by atomic mass is 9.84. The van der Waals surface area contributed by atoms with Crippen molar-refractivity contribution in [3.63, 3.8) is 0 Å². The molecule has 0 aromatic heterocycles. The van der Waals surface area contributed by atoms with Crippen molar-refractivity contribution >= 4 is 11.6 Å². The van der Waals surface area contributed by atoms with Crippen LogP contribution in [0.15, 0.2) is 18.2 Å². The van der Waals surface area contributed by atoms with Crippen LogP contribution in [0.5, 0.6) is 0 Å². The Kier molecular flexibility index (Phi) is 3.33. The molecule has 0 saturated carbocycles. The first kappa shape index (κ1) is 12.0. The molecule has 0 fully saturated rings. The Hall–Kier alpha value is -1.11. The summed E-state index contributed by atoms with van der Waals surface area (Å²) in [6.07, 6.45) is -1.03. The molecule has 0 aliphatic heterocycles. The molecular formula is C11H11ClFNO. The Bertz CT molecular complexity index is 412.